The molecule has 0 heterocycles. The van der Waals surface area contributed by atoms with Gasteiger partial charge in [0.25, 0.3) is 5.91 Å². The van der Waals surface area contributed by atoms with Crippen LogP contribution in [0, 0.1) is 5.92 Å². The summed E-state index contributed by atoms with van der Waals surface area (Å²) in [5, 5.41) is 3.44. The van der Waals surface area contributed by atoms with E-state index in [2.05, 4.69) is 15.0 Å². The Morgan fingerprint density at radius 2 is 1.82 bits per heavy atom. The Balaban J connectivity index is 3.04. The molecule has 2 N–H and O–H groups in total. The van der Waals surface area contributed by atoms with Crippen LogP contribution in [0.25, 0.3) is 10.4 Å². The van der Waals surface area contributed by atoms with E-state index in [9.17, 15) is 4.79 Å². The van der Waals surface area contributed by atoms with Gasteiger partial charge in [-0.1, -0.05) is 31.1 Å². The molecule has 17 heavy (non-hydrogen) atoms. The van der Waals surface area contributed by atoms with Crippen LogP contribution >= 0.6 is 0 Å². The number of carbonyl (C=O) groups is 1. The number of azide groups is 1. The maximum Gasteiger partial charge on any atom is 0.263 e. The lowest BCUT2D eigenvalue weighted by molar-refractivity contribution is -0.112. The van der Waals surface area contributed by atoms with E-state index in [-0.39, 0.29) is 5.92 Å². The number of rotatable bonds is 4. The third-order valence-corrected chi connectivity index (χ3v) is 2.06. The maximum atomic E-state index is 11.1. The monoisotopic (exact) mass is 231 g/mol. The molecule has 0 fully saturated rings. The quantitative estimate of drug-likeness (QED) is 0.366. The van der Waals surface area contributed by atoms with Crippen molar-refractivity contribution in [2.45, 2.75) is 13.8 Å². The average molecular weight is 231 g/mol. The summed E-state index contributed by atoms with van der Waals surface area (Å²) in [6, 6.07) is 6.57. The van der Waals surface area contributed by atoms with Crippen molar-refractivity contribution in [1.82, 2.24) is 0 Å². The predicted octanol–water partition coefficient (Wildman–Crippen LogP) is 2.84. The zero-order valence-electron chi connectivity index (χ0n) is 9.66. The van der Waals surface area contributed by atoms with Gasteiger partial charge in [-0.15, -0.1) is 0 Å². The minimum Gasteiger partial charge on any atom is -0.365 e. The normalized spacial score (nSPS) is 11.1. The van der Waals surface area contributed by atoms with Gasteiger partial charge in [0.1, 0.15) is 5.71 Å². The van der Waals surface area contributed by atoms with Crippen LogP contribution in [0.3, 0.4) is 0 Å². The van der Waals surface area contributed by atoms with E-state index in [0.29, 0.717) is 17.1 Å². The average Bonchev–Trinajstić information content (AvgIpc) is 2.27. The van der Waals surface area contributed by atoms with E-state index >= 15 is 0 Å². The molecule has 0 saturated carbocycles. The lowest BCUT2D eigenvalue weighted by Crippen LogP contribution is -2.27. The molecule has 0 aliphatic heterocycles. The Labute approximate surface area is 98.8 Å². The Morgan fingerprint density at radius 3 is 2.24 bits per heavy atom. The standard InChI is InChI=1S/C11H13N5O/c1-7(2)10(11(12)17)14-8-3-5-9(6-4-8)15-16-13/h3-7H,1-2H3,(H2,12,17). The van der Waals surface area contributed by atoms with Gasteiger partial charge in [0.15, 0.2) is 0 Å². The van der Waals surface area contributed by atoms with Crippen LogP contribution in [-0.2, 0) is 4.79 Å². The van der Waals surface area contributed by atoms with Crippen molar-refractivity contribution in [2.24, 2.45) is 21.8 Å². The van der Waals surface area contributed by atoms with Crippen LogP contribution in [0.5, 0.6) is 0 Å². The fraction of sp³-hybridized carbons (Fsp3) is 0.273. The number of hydrogen-bond acceptors (Lipinski definition) is 3. The van der Waals surface area contributed by atoms with Crippen molar-refractivity contribution in [2.75, 3.05) is 0 Å². The molecular weight excluding hydrogens is 218 g/mol. The number of nitrogens with two attached hydrogens (primary N) is 1. The largest absolute Gasteiger partial charge is 0.365 e. The molecule has 88 valence electrons. The molecule has 0 aromatic heterocycles. The van der Waals surface area contributed by atoms with Crippen molar-refractivity contribution in [1.29, 1.82) is 0 Å². The van der Waals surface area contributed by atoms with Crippen molar-refractivity contribution in [3.05, 3.63) is 34.7 Å². The van der Waals surface area contributed by atoms with Gasteiger partial charge in [0.05, 0.1) is 5.69 Å². The molecule has 1 aromatic carbocycles. The number of benzene rings is 1. The summed E-state index contributed by atoms with van der Waals surface area (Å²) >= 11 is 0. The van der Waals surface area contributed by atoms with Crippen LogP contribution < -0.4 is 5.73 Å². The zero-order chi connectivity index (χ0) is 12.8. The highest BCUT2D eigenvalue weighted by Gasteiger charge is 2.11. The summed E-state index contributed by atoms with van der Waals surface area (Å²) < 4.78 is 0. The summed E-state index contributed by atoms with van der Waals surface area (Å²) in [6.45, 7) is 3.69. The molecular formula is C11H13N5O. The van der Waals surface area contributed by atoms with Crippen LogP contribution in [0.1, 0.15) is 13.8 Å². The van der Waals surface area contributed by atoms with Gasteiger partial charge in [-0.2, -0.15) is 0 Å². The Hall–Kier alpha value is -2.33. The number of primary amides is 1. The number of nitrogens with zero attached hydrogens (tertiary/aromatic N) is 4. The van der Waals surface area contributed by atoms with Crippen molar-refractivity contribution in [3.63, 3.8) is 0 Å². The number of amides is 1. The molecule has 0 aliphatic rings. The fourth-order valence-electron chi connectivity index (χ4n) is 1.25. The minimum atomic E-state index is -0.529. The number of aliphatic imine (C=N–C) groups is 1. The SMILES string of the molecule is CC(C)C(=Nc1ccc(N=[N+]=[N-])cc1)C(N)=O. The second kappa shape index (κ2) is 5.67. The van der Waals surface area contributed by atoms with Gasteiger partial charge in [-0.05, 0) is 17.7 Å². The second-order valence-electron chi connectivity index (χ2n) is 3.72. The molecule has 0 atom stereocenters. The van der Waals surface area contributed by atoms with Gasteiger partial charge >= 0.3 is 0 Å². The smallest absolute Gasteiger partial charge is 0.263 e. The van der Waals surface area contributed by atoms with Crippen molar-refractivity contribution in [3.8, 4) is 0 Å². The topological polar surface area (TPSA) is 104 Å². The van der Waals surface area contributed by atoms with E-state index in [0.717, 1.165) is 0 Å². The Bertz CT molecular complexity index is 483. The minimum absolute atomic E-state index is 0.0377. The van der Waals surface area contributed by atoms with Gasteiger partial charge in [-0.25, -0.2) is 4.99 Å². The van der Waals surface area contributed by atoms with E-state index < -0.39 is 5.91 Å². The van der Waals surface area contributed by atoms with Gasteiger partial charge in [0.2, 0.25) is 0 Å². The number of carbonyl (C=O) groups excluding carboxylic acids is 1. The van der Waals surface area contributed by atoms with Crippen molar-refractivity contribution < 1.29 is 4.79 Å². The predicted molar refractivity (Wildman–Crippen MR) is 66.4 cm³/mol. The summed E-state index contributed by atoms with van der Waals surface area (Å²) in [4.78, 5) is 18.0. The van der Waals surface area contributed by atoms with Gasteiger partial charge in [-0.3, -0.25) is 4.79 Å². The fourth-order valence-corrected chi connectivity index (χ4v) is 1.25. The lowest BCUT2D eigenvalue weighted by atomic mass is 10.1. The highest BCUT2D eigenvalue weighted by atomic mass is 16.1. The summed E-state index contributed by atoms with van der Waals surface area (Å²) in [5.41, 5.74) is 14.9. The number of hydrogen-bond donors (Lipinski definition) is 1. The van der Waals surface area contributed by atoms with Crippen LogP contribution in [0.4, 0.5) is 11.4 Å². The first-order valence-corrected chi connectivity index (χ1v) is 5.08. The first kappa shape index (κ1) is 12.7. The summed E-state index contributed by atoms with van der Waals surface area (Å²) in [5.74, 6) is -0.566. The third kappa shape index (κ3) is 3.62. The molecule has 0 spiro atoms. The molecule has 0 unspecified atom stereocenters. The summed E-state index contributed by atoms with van der Waals surface area (Å²) in [7, 11) is 0. The molecule has 0 saturated heterocycles. The lowest BCUT2D eigenvalue weighted by Gasteiger charge is -2.05. The van der Waals surface area contributed by atoms with Gasteiger partial charge < -0.3 is 5.73 Å². The molecule has 0 bridgehead atoms. The molecule has 6 heteroatoms. The Morgan fingerprint density at radius 1 is 1.29 bits per heavy atom. The summed E-state index contributed by atoms with van der Waals surface area (Å²) in [6.07, 6.45) is 0. The molecule has 0 radical (unpaired) electrons. The zero-order valence-corrected chi connectivity index (χ0v) is 9.66. The maximum absolute atomic E-state index is 11.1. The van der Waals surface area contributed by atoms with Crippen LogP contribution in [0.2, 0.25) is 0 Å². The van der Waals surface area contributed by atoms with Crippen LogP contribution in [0.15, 0.2) is 34.4 Å². The highest BCUT2D eigenvalue weighted by Crippen LogP contribution is 2.19. The van der Waals surface area contributed by atoms with E-state index in [1.54, 1.807) is 24.3 Å². The first-order valence-electron chi connectivity index (χ1n) is 5.08. The van der Waals surface area contributed by atoms with Crippen molar-refractivity contribution >= 4 is 23.0 Å². The van der Waals surface area contributed by atoms with E-state index in [1.165, 1.54) is 0 Å². The molecule has 6 nitrogen and oxygen atoms in total. The molecule has 1 rings (SSSR count). The second-order valence-corrected chi connectivity index (χ2v) is 3.72. The molecule has 1 amide bonds. The third-order valence-electron chi connectivity index (χ3n) is 2.06. The Kier molecular flexibility index (Phi) is 4.25. The molecule has 1 aromatic rings. The molecule has 0 aliphatic carbocycles. The van der Waals surface area contributed by atoms with Gasteiger partial charge in [0, 0.05) is 16.5 Å². The van der Waals surface area contributed by atoms with Crippen LogP contribution in [-0.4, -0.2) is 11.6 Å². The van der Waals surface area contributed by atoms with E-state index in [1.807, 2.05) is 13.8 Å². The first-order chi connectivity index (χ1) is 8.04. The van der Waals surface area contributed by atoms with E-state index in [4.69, 9.17) is 11.3 Å². The highest BCUT2D eigenvalue weighted by molar-refractivity contribution is 6.39.